The van der Waals surface area contributed by atoms with Gasteiger partial charge >= 0.3 is 0 Å². The van der Waals surface area contributed by atoms with Crippen molar-refractivity contribution in [2.24, 2.45) is 15.9 Å². The number of hydrogen-bond donors (Lipinski definition) is 1. The van der Waals surface area contributed by atoms with Crippen molar-refractivity contribution in [2.45, 2.75) is 37.9 Å². The summed E-state index contributed by atoms with van der Waals surface area (Å²) in [6.45, 7) is 1.42. The molecule has 2 heterocycles. The molecule has 0 spiro atoms. The summed E-state index contributed by atoms with van der Waals surface area (Å²) in [5, 5.41) is 4.49. The lowest BCUT2D eigenvalue weighted by molar-refractivity contribution is -0.127. The Morgan fingerprint density at radius 2 is 1.78 bits per heavy atom. The number of hydrogen-bond acceptors (Lipinski definition) is 4. The third kappa shape index (κ3) is 3.03. The molecular weight excluding hydrogens is 292 g/mol. The maximum atomic E-state index is 12.2. The Bertz CT molecular complexity index is 748. The Balaban J connectivity index is 1.43. The first-order valence-corrected chi connectivity index (χ1v) is 8.30. The molecule has 2 aliphatic heterocycles. The average molecular weight is 312 g/mol. The summed E-state index contributed by atoms with van der Waals surface area (Å²) < 4.78 is 0. The molecule has 0 aromatic heterocycles. The van der Waals surface area contributed by atoms with Gasteiger partial charge in [0.25, 0.3) is 5.91 Å². The van der Waals surface area contributed by atoms with Gasteiger partial charge in [0.15, 0.2) is 6.17 Å². The fraction of sp³-hybridized carbons (Fsp3) is 0.529. The number of amides is 2. The molecule has 120 valence electrons. The minimum absolute atomic E-state index is 0.0646. The van der Waals surface area contributed by atoms with Gasteiger partial charge in [-0.3, -0.25) is 19.5 Å². The molecule has 2 amide bonds. The van der Waals surface area contributed by atoms with Crippen molar-refractivity contribution >= 4 is 11.8 Å². The second-order valence-electron chi connectivity index (χ2n) is 6.53. The van der Waals surface area contributed by atoms with Gasteiger partial charge in [-0.15, -0.1) is 0 Å². The van der Waals surface area contributed by atoms with Crippen LogP contribution in [-0.2, 0) is 9.59 Å². The lowest BCUT2D eigenvalue weighted by Gasteiger charge is -2.34. The number of carbonyl (C=O) groups is 2. The van der Waals surface area contributed by atoms with Crippen molar-refractivity contribution in [3.8, 4) is 0 Å². The Hall–Kier alpha value is -2.08. The molecule has 1 saturated heterocycles. The topological polar surface area (TPSA) is 74.1 Å². The fourth-order valence-corrected chi connectivity index (χ4v) is 3.22. The standard InChI is InChI=1S/C17H20N4O2/c22-16(18-12-5-6-12)11-7-9-21(10-8-11)15-17(23)20-14-4-2-1-3-13(14)19-15/h1-4,11-12,15H,5-10H2,(H,18,22). The van der Waals surface area contributed by atoms with E-state index in [1.807, 2.05) is 23.1 Å². The molecule has 1 aliphatic carbocycles. The van der Waals surface area contributed by atoms with Gasteiger partial charge in [-0.2, -0.15) is 0 Å². The highest BCUT2D eigenvalue weighted by Crippen LogP contribution is 2.23. The van der Waals surface area contributed by atoms with E-state index >= 15 is 0 Å². The molecule has 4 rings (SSSR count). The lowest BCUT2D eigenvalue weighted by Crippen LogP contribution is -2.50. The van der Waals surface area contributed by atoms with Crippen molar-refractivity contribution in [3.63, 3.8) is 0 Å². The number of nitrogens with zero attached hydrogens (tertiary/aromatic N) is 3. The van der Waals surface area contributed by atoms with Gasteiger partial charge in [0.2, 0.25) is 5.91 Å². The van der Waals surface area contributed by atoms with Gasteiger partial charge in [-0.05, 0) is 37.8 Å². The van der Waals surface area contributed by atoms with E-state index in [1.165, 1.54) is 0 Å². The van der Waals surface area contributed by atoms with E-state index in [4.69, 9.17) is 0 Å². The lowest BCUT2D eigenvalue weighted by atomic mass is 9.95. The minimum atomic E-state index is -0.530. The highest BCUT2D eigenvalue weighted by Gasteiger charge is 2.34. The Kier molecular flexibility index (Phi) is 3.69. The molecule has 1 unspecified atom stereocenters. The van der Waals surface area contributed by atoms with Crippen molar-refractivity contribution in [2.75, 3.05) is 13.1 Å². The van der Waals surface area contributed by atoms with Crippen molar-refractivity contribution in [1.29, 1.82) is 0 Å². The third-order valence-electron chi connectivity index (χ3n) is 4.76. The number of carbonyl (C=O) groups excluding carboxylic acids is 2. The number of benzene rings is 1. The van der Waals surface area contributed by atoms with Crippen molar-refractivity contribution < 1.29 is 9.59 Å². The van der Waals surface area contributed by atoms with E-state index in [0.717, 1.165) is 31.0 Å². The van der Waals surface area contributed by atoms with Crippen LogP contribution in [0.2, 0.25) is 0 Å². The van der Waals surface area contributed by atoms with Crippen LogP contribution in [-0.4, -0.2) is 42.0 Å². The van der Waals surface area contributed by atoms with Crippen LogP contribution in [0.25, 0.3) is 0 Å². The number of nitrogens with one attached hydrogen (secondary N) is 1. The maximum Gasteiger partial charge on any atom is 0.286 e. The first kappa shape index (κ1) is 14.5. The van der Waals surface area contributed by atoms with Gasteiger partial charge in [0, 0.05) is 25.0 Å². The first-order valence-electron chi connectivity index (χ1n) is 8.30. The molecule has 2 fully saturated rings. The molecule has 6 heteroatoms. The third-order valence-corrected chi connectivity index (χ3v) is 4.76. The minimum Gasteiger partial charge on any atom is -0.353 e. The van der Waals surface area contributed by atoms with Crippen LogP contribution in [0.4, 0.5) is 0 Å². The molecular formula is C17H20N4O2. The molecule has 1 N–H and O–H groups in total. The van der Waals surface area contributed by atoms with Crippen LogP contribution in [0.5, 0.6) is 0 Å². The summed E-state index contributed by atoms with van der Waals surface area (Å²) in [4.78, 5) is 35.1. The van der Waals surface area contributed by atoms with Gasteiger partial charge < -0.3 is 5.32 Å². The molecule has 3 aliphatic rings. The highest BCUT2D eigenvalue weighted by molar-refractivity contribution is 5.83. The molecule has 1 aromatic rings. The average Bonchev–Trinajstić information content (AvgIpc) is 3.38. The number of likely N-dealkylation sites (tertiary alicyclic amines) is 1. The zero-order valence-corrected chi connectivity index (χ0v) is 12.9. The molecule has 1 aromatic carbocycles. The molecule has 1 saturated carbocycles. The van der Waals surface area contributed by atoms with E-state index in [-0.39, 0.29) is 17.7 Å². The molecule has 6 nitrogen and oxygen atoms in total. The SMILES string of the molecule is O=C(NC1CC1)C1CCN(C2N=c3ccccc3=NC2=O)CC1. The number of piperidine rings is 1. The van der Waals surface area contributed by atoms with Crippen LogP contribution < -0.4 is 16.0 Å². The summed E-state index contributed by atoms with van der Waals surface area (Å²) >= 11 is 0. The van der Waals surface area contributed by atoms with E-state index in [2.05, 4.69) is 15.3 Å². The summed E-state index contributed by atoms with van der Waals surface area (Å²) in [7, 11) is 0. The van der Waals surface area contributed by atoms with Gasteiger partial charge in [-0.1, -0.05) is 12.1 Å². The molecule has 0 bridgehead atoms. The number of rotatable bonds is 3. The van der Waals surface area contributed by atoms with Crippen LogP contribution >= 0.6 is 0 Å². The van der Waals surface area contributed by atoms with Crippen molar-refractivity contribution in [1.82, 2.24) is 10.2 Å². The second kappa shape index (κ2) is 5.85. The van der Waals surface area contributed by atoms with E-state index in [1.54, 1.807) is 6.07 Å². The Morgan fingerprint density at radius 1 is 1.09 bits per heavy atom. The van der Waals surface area contributed by atoms with Crippen LogP contribution in [0, 0.1) is 5.92 Å². The molecule has 23 heavy (non-hydrogen) atoms. The van der Waals surface area contributed by atoms with E-state index in [9.17, 15) is 9.59 Å². The van der Waals surface area contributed by atoms with Gasteiger partial charge in [0.05, 0.1) is 10.7 Å². The number of para-hydroxylation sites is 2. The van der Waals surface area contributed by atoms with Crippen LogP contribution in [0.3, 0.4) is 0 Å². The summed E-state index contributed by atoms with van der Waals surface area (Å²) in [6, 6.07) is 7.86. The van der Waals surface area contributed by atoms with Crippen molar-refractivity contribution in [3.05, 3.63) is 35.0 Å². The van der Waals surface area contributed by atoms with Gasteiger partial charge in [-0.25, -0.2) is 4.99 Å². The molecule has 0 radical (unpaired) electrons. The predicted octanol–water partition coefficient (Wildman–Crippen LogP) is -0.217. The summed E-state index contributed by atoms with van der Waals surface area (Å²) in [5.74, 6) is 0.0356. The predicted molar refractivity (Wildman–Crippen MR) is 83.0 cm³/mol. The normalized spacial score (nSPS) is 25.2. The maximum absolute atomic E-state index is 12.2. The monoisotopic (exact) mass is 312 g/mol. The quantitative estimate of drug-likeness (QED) is 0.839. The zero-order valence-electron chi connectivity index (χ0n) is 12.9. The Morgan fingerprint density at radius 3 is 2.48 bits per heavy atom. The fourth-order valence-electron chi connectivity index (χ4n) is 3.22. The van der Waals surface area contributed by atoms with Crippen LogP contribution in [0.1, 0.15) is 25.7 Å². The number of fused-ring (bicyclic) bond motifs is 1. The summed E-state index contributed by atoms with van der Waals surface area (Å²) in [5.41, 5.74) is 0. The second-order valence-corrected chi connectivity index (χ2v) is 6.53. The van der Waals surface area contributed by atoms with Gasteiger partial charge in [0.1, 0.15) is 0 Å². The smallest absolute Gasteiger partial charge is 0.286 e. The van der Waals surface area contributed by atoms with E-state index < -0.39 is 6.17 Å². The van der Waals surface area contributed by atoms with E-state index in [0.29, 0.717) is 24.5 Å². The highest BCUT2D eigenvalue weighted by atomic mass is 16.2. The largest absolute Gasteiger partial charge is 0.353 e. The molecule has 1 atom stereocenters. The first-order chi connectivity index (χ1) is 11.2. The summed E-state index contributed by atoms with van der Waals surface area (Å²) in [6.07, 6.45) is 3.25. The zero-order chi connectivity index (χ0) is 15.8. The van der Waals surface area contributed by atoms with Crippen LogP contribution in [0.15, 0.2) is 34.3 Å². The Labute approximate surface area is 134 Å².